The number of nitrogens with zero attached hydrogens (tertiary/aromatic N) is 1. The lowest BCUT2D eigenvalue weighted by Crippen LogP contribution is -2.19. The molecule has 0 amide bonds. The third-order valence-corrected chi connectivity index (χ3v) is 2.15. The van der Waals surface area contributed by atoms with Crippen LogP contribution in [0.2, 0.25) is 0 Å². The first-order valence-electron chi connectivity index (χ1n) is 6.07. The summed E-state index contributed by atoms with van der Waals surface area (Å²) >= 11 is 0. The van der Waals surface area contributed by atoms with Crippen LogP contribution in [0.4, 0.5) is 0 Å². The number of nitriles is 1. The van der Waals surface area contributed by atoms with Crippen LogP contribution in [0, 0.1) is 11.3 Å². The highest BCUT2D eigenvalue weighted by Crippen LogP contribution is 2.04. The zero-order valence-corrected chi connectivity index (χ0v) is 10.6. The molecule has 0 radical (unpaired) electrons. The van der Waals surface area contributed by atoms with E-state index < -0.39 is 6.10 Å². The number of rotatable bonds is 9. The second kappa shape index (κ2) is 10.7. The lowest BCUT2D eigenvalue weighted by molar-refractivity contribution is -0.133. The summed E-state index contributed by atoms with van der Waals surface area (Å²) in [6.45, 7) is 6.48. The van der Waals surface area contributed by atoms with Crippen molar-refractivity contribution in [3.8, 4) is 6.07 Å². The summed E-state index contributed by atoms with van der Waals surface area (Å²) in [6, 6.07) is 2.09. The molecule has 0 N–H and O–H groups in total. The molecule has 0 saturated heterocycles. The van der Waals surface area contributed by atoms with Crippen molar-refractivity contribution in [2.24, 2.45) is 0 Å². The SMILES string of the molecule is CCCCCC=CC(C#N)OC(C)OCC. The smallest absolute Gasteiger partial charge is 0.165 e. The second-order valence-electron chi connectivity index (χ2n) is 3.63. The molecule has 3 heteroatoms. The highest BCUT2D eigenvalue weighted by atomic mass is 16.7. The monoisotopic (exact) mass is 225 g/mol. The Hall–Kier alpha value is -0.850. The highest BCUT2D eigenvalue weighted by molar-refractivity contribution is 5.02. The largest absolute Gasteiger partial charge is 0.353 e. The molecule has 0 aromatic carbocycles. The molecule has 0 fully saturated rings. The summed E-state index contributed by atoms with van der Waals surface area (Å²) in [5, 5.41) is 8.86. The maximum absolute atomic E-state index is 8.86. The van der Waals surface area contributed by atoms with Crippen molar-refractivity contribution in [3.05, 3.63) is 12.2 Å². The molecule has 3 nitrogen and oxygen atoms in total. The van der Waals surface area contributed by atoms with Crippen LogP contribution in [-0.2, 0) is 9.47 Å². The van der Waals surface area contributed by atoms with Crippen LogP contribution in [0.25, 0.3) is 0 Å². The van der Waals surface area contributed by atoms with E-state index in [0.29, 0.717) is 6.61 Å². The fraction of sp³-hybridized carbons (Fsp3) is 0.769. The summed E-state index contributed by atoms with van der Waals surface area (Å²) in [4.78, 5) is 0. The summed E-state index contributed by atoms with van der Waals surface area (Å²) in [7, 11) is 0. The van der Waals surface area contributed by atoms with Crippen molar-refractivity contribution in [3.63, 3.8) is 0 Å². The molecular weight excluding hydrogens is 202 g/mol. The van der Waals surface area contributed by atoms with E-state index >= 15 is 0 Å². The van der Waals surface area contributed by atoms with E-state index in [9.17, 15) is 0 Å². The fourth-order valence-corrected chi connectivity index (χ4v) is 1.33. The van der Waals surface area contributed by atoms with Gasteiger partial charge >= 0.3 is 0 Å². The van der Waals surface area contributed by atoms with E-state index in [1.165, 1.54) is 19.3 Å². The molecule has 2 unspecified atom stereocenters. The van der Waals surface area contributed by atoms with Crippen molar-refractivity contribution in [1.82, 2.24) is 0 Å². The van der Waals surface area contributed by atoms with Gasteiger partial charge in [0.05, 0.1) is 6.07 Å². The second-order valence-corrected chi connectivity index (χ2v) is 3.63. The molecule has 0 spiro atoms. The van der Waals surface area contributed by atoms with Gasteiger partial charge in [0.15, 0.2) is 12.4 Å². The van der Waals surface area contributed by atoms with Crippen LogP contribution in [0.1, 0.15) is 46.5 Å². The predicted molar refractivity (Wildman–Crippen MR) is 64.9 cm³/mol. The molecule has 2 atom stereocenters. The zero-order valence-electron chi connectivity index (χ0n) is 10.6. The standard InChI is InChI=1S/C13H23NO2/c1-4-6-7-8-9-10-13(11-14)16-12(3)15-5-2/h9-10,12-13H,4-8H2,1-3H3. The first kappa shape index (κ1) is 15.2. The normalized spacial score (nSPS) is 14.9. The third kappa shape index (κ3) is 8.46. The quantitative estimate of drug-likeness (QED) is 0.343. The number of allylic oxidation sites excluding steroid dienone is 1. The molecule has 0 aliphatic rings. The summed E-state index contributed by atoms with van der Waals surface area (Å²) in [5.74, 6) is 0. The number of hydrogen-bond acceptors (Lipinski definition) is 3. The summed E-state index contributed by atoms with van der Waals surface area (Å²) in [6.07, 6.45) is 7.64. The van der Waals surface area contributed by atoms with Crippen molar-refractivity contribution in [1.29, 1.82) is 5.26 Å². The minimum absolute atomic E-state index is 0.324. The maximum atomic E-state index is 8.86. The summed E-state index contributed by atoms with van der Waals surface area (Å²) < 4.78 is 10.6. The Bertz CT molecular complexity index is 220. The number of ether oxygens (including phenoxy) is 2. The van der Waals surface area contributed by atoms with E-state index in [1.807, 2.05) is 19.1 Å². The highest BCUT2D eigenvalue weighted by Gasteiger charge is 2.08. The molecule has 0 aromatic heterocycles. The molecule has 0 bridgehead atoms. The lowest BCUT2D eigenvalue weighted by atomic mass is 10.2. The Balaban J connectivity index is 3.78. The minimum atomic E-state index is -0.497. The average Bonchev–Trinajstić information content (AvgIpc) is 2.27. The van der Waals surface area contributed by atoms with Crippen molar-refractivity contribution >= 4 is 0 Å². The van der Waals surface area contributed by atoms with Crippen LogP contribution < -0.4 is 0 Å². The van der Waals surface area contributed by atoms with Gasteiger partial charge in [-0.1, -0.05) is 25.8 Å². The van der Waals surface area contributed by atoms with E-state index in [-0.39, 0.29) is 6.29 Å². The fourth-order valence-electron chi connectivity index (χ4n) is 1.33. The van der Waals surface area contributed by atoms with Crippen LogP contribution in [-0.4, -0.2) is 19.0 Å². The van der Waals surface area contributed by atoms with Crippen molar-refractivity contribution < 1.29 is 9.47 Å². The Morgan fingerprint density at radius 2 is 2.06 bits per heavy atom. The number of unbranched alkanes of at least 4 members (excludes halogenated alkanes) is 3. The Labute approximate surface area is 99.0 Å². The van der Waals surface area contributed by atoms with Crippen molar-refractivity contribution in [2.45, 2.75) is 58.8 Å². The molecule has 0 saturated carbocycles. The minimum Gasteiger partial charge on any atom is -0.353 e. The van der Waals surface area contributed by atoms with Gasteiger partial charge in [0.2, 0.25) is 0 Å². The van der Waals surface area contributed by atoms with Gasteiger partial charge in [0, 0.05) is 6.61 Å². The average molecular weight is 225 g/mol. The lowest BCUT2D eigenvalue weighted by Gasteiger charge is -2.14. The Kier molecular flexibility index (Phi) is 10.1. The van der Waals surface area contributed by atoms with Crippen LogP contribution in [0.3, 0.4) is 0 Å². The van der Waals surface area contributed by atoms with E-state index in [0.717, 1.165) is 6.42 Å². The van der Waals surface area contributed by atoms with Gasteiger partial charge in [-0.2, -0.15) is 5.26 Å². The Morgan fingerprint density at radius 1 is 1.31 bits per heavy atom. The van der Waals surface area contributed by atoms with Gasteiger partial charge < -0.3 is 9.47 Å². The van der Waals surface area contributed by atoms with Crippen LogP contribution in [0.15, 0.2) is 12.2 Å². The van der Waals surface area contributed by atoms with Crippen molar-refractivity contribution in [2.75, 3.05) is 6.61 Å². The molecular formula is C13H23NO2. The molecule has 0 heterocycles. The zero-order chi connectivity index (χ0) is 12.2. The van der Waals surface area contributed by atoms with E-state index in [4.69, 9.17) is 14.7 Å². The molecule has 92 valence electrons. The van der Waals surface area contributed by atoms with Gasteiger partial charge in [-0.3, -0.25) is 0 Å². The topological polar surface area (TPSA) is 42.2 Å². The van der Waals surface area contributed by atoms with Gasteiger partial charge in [-0.25, -0.2) is 0 Å². The molecule has 0 aliphatic carbocycles. The van der Waals surface area contributed by atoms with Gasteiger partial charge in [-0.05, 0) is 32.8 Å². The van der Waals surface area contributed by atoms with Crippen LogP contribution in [0.5, 0.6) is 0 Å². The molecule has 16 heavy (non-hydrogen) atoms. The van der Waals surface area contributed by atoms with E-state index in [2.05, 4.69) is 13.0 Å². The van der Waals surface area contributed by atoms with Crippen LogP contribution >= 0.6 is 0 Å². The van der Waals surface area contributed by atoms with Gasteiger partial charge in [0.25, 0.3) is 0 Å². The number of hydrogen-bond donors (Lipinski definition) is 0. The first-order valence-corrected chi connectivity index (χ1v) is 6.07. The molecule has 0 aliphatic heterocycles. The summed E-state index contributed by atoms with van der Waals surface area (Å²) in [5.41, 5.74) is 0. The van der Waals surface area contributed by atoms with Gasteiger partial charge in [0.1, 0.15) is 0 Å². The first-order chi connectivity index (χ1) is 7.74. The predicted octanol–water partition coefficient (Wildman–Crippen LogP) is 3.41. The molecule has 0 rings (SSSR count). The third-order valence-electron chi connectivity index (χ3n) is 2.15. The Morgan fingerprint density at radius 3 is 2.62 bits per heavy atom. The maximum Gasteiger partial charge on any atom is 0.165 e. The van der Waals surface area contributed by atoms with Gasteiger partial charge in [-0.15, -0.1) is 0 Å². The molecule has 0 aromatic rings. The van der Waals surface area contributed by atoms with E-state index in [1.54, 1.807) is 6.92 Å².